The second kappa shape index (κ2) is 5.80. The summed E-state index contributed by atoms with van der Waals surface area (Å²) in [7, 11) is 1.59. The van der Waals surface area contributed by atoms with E-state index in [2.05, 4.69) is 16.4 Å². The molecule has 0 aliphatic rings. The van der Waals surface area contributed by atoms with Crippen LogP contribution in [-0.2, 0) is 6.42 Å². The van der Waals surface area contributed by atoms with E-state index in [-0.39, 0.29) is 0 Å². The highest BCUT2D eigenvalue weighted by Crippen LogP contribution is 2.27. The summed E-state index contributed by atoms with van der Waals surface area (Å²) in [4.78, 5) is 5.26. The Morgan fingerprint density at radius 2 is 2.35 bits per heavy atom. The molecule has 3 nitrogen and oxygen atoms in total. The molecule has 2 aromatic heterocycles. The summed E-state index contributed by atoms with van der Waals surface area (Å²) in [6, 6.07) is 5.92. The smallest absolute Gasteiger partial charge is 0.142 e. The van der Waals surface area contributed by atoms with Gasteiger partial charge in [-0.05, 0) is 30.4 Å². The van der Waals surface area contributed by atoms with Gasteiger partial charge in [-0.25, -0.2) is 0 Å². The highest BCUT2D eigenvalue weighted by molar-refractivity contribution is 7.09. The number of hydrogen-bond donors (Lipinski definition) is 1. The van der Waals surface area contributed by atoms with Crippen molar-refractivity contribution in [3.05, 3.63) is 46.4 Å². The molecule has 0 spiro atoms. The molecule has 17 heavy (non-hydrogen) atoms. The number of aliphatic hydroxyl groups excluding tert-OH is 1. The van der Waals surface area contributed by atoms with E-state index in [4.69, 9.17) is 4.74 Å². The molecule has 0 saturated heterocycles. The molecule has 0 fully saturated rings. The molecule has 2 heterocycles. The maximum absolute atomic E-state index is 10.1. The minimum absolute atomic E-state index is 0.505. The highest BCUT2D eigenvalue weighted by Gasteiger charge is 2.13. The zero-order valence-corrected chi connectivity index (χ0v) is 10.5. The van der Waals surface area contributed by atoms with Crippen LogP contribution in [0.1, 0.15) is 23.0 Å². The third-order valence-corrected chi connectivity index (χ3v) is 3.58. The van der Waals surface area contributed by atoms with E-state index in [1.807, 2.05) is 6.07 Å². The van der Waals surface area contributed by atoms with Crippen molar-refractivity contribution in [2.24, 2.45) is 0 Å². The van der Waals surface area contributed by atoms with Crippen LogP contribution in [-0.4, -0.2) is 17.2 Å². The van der Waals surface area contributed by atoms with Crippen molar-refractivity contribution >= 4 is 11.3 Å². The number of aliphatic hydroxyl groups is 1. The van der Waals surface area contributed by atoms with Gasteiger partial charge < -0.3 is 9.84 Å². The van der Waals surface area contributed by atoms with Gasteiger partial charge in [0.1, 0.15) is 5.75 Å². The number of aryl methyl sites for hydroxylation is 1. The van der Waals surface area contributed by atoms with Gasteiger partial charge in [0.2, 0.25) is 0 Å². The molecule has 0 aliphatic heterocycles. The molecule has 4 heteroatoms. The first-order valence-electron chi connectivity index (χ1n) is 5.49. The molecule has 2 rings (SSSR count). The van der Waals surface area contributed by atoms with Crippen LogP contribution in [0.25, 0.3) is 0 Å². The Bertz CT molecular complexity index is 456. The van der Waals surface area contributed by atoms with Gasteiger partial charge >= 0.3 is 0 Å². The van der Waals surface area contributed by atoms with Gasteiger partial charge in [-0.15, -0.1) is 11.3 Å². The maximum Gasteiger partial charge on any atom is 0.142 e. The monoisotopic (exact) mass is 249 g/mol. The van der Waals surface area contributed by atoms with Crippen LogP contribution in [0.4, 0.5) is 0 Å². The lowest BCUT2D eigenvalue weighted by atomic mass is 10.0. The molecule has 1 N–H and O–H groups in total. The van der Waals surface area contributed by atoms with Gasteiger partial charge in [0.15, 0.2) is 0 Å². The molecule has 0 bridgehead atoms. The fourth-order valence-corrected chi connectivity index (χ4v) is 2.45. The summed E-state index contributed by atoms with van der Waals surface area (Å²) in [6.45, 7) is 0. The quantitative estimate of drug-likeness (QED) is 0.886. The molecule has 0 amide bonds. The molecule has 90 valence electrons. The highest BCUT2D eigenvalue weighted by atomic mass is 32.1. The van der Waals surface area contributed by atoms with Crippen molar-refractivity contribution in [2.45, 2.75) is 18.9 Å². The molecule has 0 aromatic carbocycles. The van der Waals surface area contributed by atoms with E-state index in [1.165, 1.54) is 4.88 Å². The van der Waals surface area contributed by atoms with Crippen molar-refractivity contribution in [1.29, 1.82) is 0 Å². The van der Waals surface area contributed by atoms with Gasteiger partial charge in [-0.2, -0.15) is 0 Å². The molecule has 1 unspecified atom stereocenters. The number of methoxy groups -OCH3 is 1. The van der Waals surface area contributed by atoms with Gasteiger partial charge in [-0.3, -0.25) is 4.98 Å². The Kier molecular flexibility index (Phi) is 4.12. The zero-order chi connectivity index (χ0) is 12.1. The summed E-state index contributed by atoms with van der Waals surface area (Å²) in [5.74, 6) is 0.645. The number of hydrogen-bond acceptors (Lipinski definition) is 4. The largest absolute Gasteiger partial charge is 0.495 e. The molecule has 2 aromatic rings. The van der Waals surface area contributed by atoms with Crippen molar-refractivity contribution in [2.75, 3.05) is 7.11 Å². The van der Waals surface area contributed by atoms with Crippen LogP contribution in [0.5, 0.6) is 5.75 Å². The Hall–Kier alpha value is -1.39. The first-order valence-corrected chi connectivity index (χ1v) is 6.37. The summed E-state index contributed by atoms with van der Waals surface area (Å²) in [5.41, 5.74) is 0.805. The zero-order valence-electron chi connectivity index (χ0n) is 9.67. The second-order valence-electron chi connectivity index (χ2n) is 3.75. The van der Waals surface area contributed by atoms with Gasteiger partial charge in [0, 0.05) is 16.6 Å². The van der Waals surface area contributed by atoms with Crippen LogP contribution in [0, 0.1) is 0 Å². The third-order valence-electron chi connectivity index (χ3n) is 2.64. The number of thiophene rings is 1. The number of rotatable bonds is 5. The van der Waals surface area contributed by atoms with Crippen molar-refractivity contribution < 1.29 is 9.84 Å². The standard InChI is InChI=1S/C13H15NO2S/c1-16-13-9-14-7-6-11(13)12(15)5-4-10-3-2-8-17-10/h2-3,6-9,12,15H,4-5H2,1H3. The van der Waals surface area contributed by atoms with Crippen LogP contribution >= 0.6 is 11.3 Å². The van der Waals surface area contributed by atoms with E-state index in [0.717, 1.165) is 12.0 Å². The van der Waals surface area contributed by atoms with Crippen LogP contribution in [0.15, 0.2) is 36.0 Å². The third kappa shape index (κ3) is 3.05. The van der Waals surface area contributed by atoms with Crippen molar-refractivity contribution in [1.82, 2.24) is 4.98 Å². The SMILES string of the molecule is COc1cnccc1C(O)CCc1cccs1. The topological polar surface area (TPSA) is 42.4 Å². The molecular formula is C13H15NO2S. The summed E-state index contributed by atoms with van der Waals surface area (Å²) in [5, 5.41) is 12.2. The summed E-state index contributed by atoms with van der Waals surface area (Å²) >= 11 is 1.72. The van der Waals surface area contributed by atoms with E-state index in [0.29, 0.717) is 12.2 Å². The Balaban J connectivity index is 2.01. The molecule has 0 saturated carbocycles. The Morgan fingerprint density at radius 3 is 3.06 bits per heavy atom. The van der Waals surface area contributed by atoms with E-state index in [1.54, 1.807) is 36.9 Å². The summed E-state index contributed by atoms with van der Waals surface area (Å²) in [6.07, 6.45) is 4.37. The van der Waals surface area contributed by atoms with Gasteiger partial charge in [-0.1, -0.05) is 6.07 Å². The Morgan fingerprint density at radius 1 is 1.47 bits per heavy atom. The lowest BCUT2D eigenvalue weighted by Crippen LogP contribution is -2.02. The number of aromatic nitrogens is 1. The second-order valence-corrected chi connectivity index (χ2v) is 4.78. The minimum Gasteiger partial charge on any atom is -0.495 e. The van der Waals surface area contributed by atoms with Crippen LogP contribution in [0.2, 0.25) is 0 Å². The van der Waals surface area contributed by atoms with E-state index >= 15 is 0 Å². The molecule has 0 radical (unpaired) electrons. The molecule has 1 atom stereocenters. The number of ether oxygens (including phenoxy) is 1. The predicted molar refractivity (Wildman–Crippen MR) is 68.4 cm³/mol. The van der Waals surface area contributed by atoms with Crippen LogP contribution in [0.3, 0.4) is 0 Å². The summed E-state index contributed by atoms with van der Waals surface area (Å²) < 4.78 is 5.18. The molecular weight excluding hydrogens is 234 g/mol. The van der Waals surface area contributed by atoms with Gasteiger partial charge in [0.05, 0.1) is 19.4 Å². The average Bonchev–Trinajstić information content (AvgIpc) is 2.89. The van der Waals surface area contributed by atoms with E-state index in [9.17, 15) is 5.11 Å². The number of nitrogens with zero attached hydrogens (tertiary/aromatic N) is 1. The predicted octanol–water partition coefficient (Wildman–Crippen LogP) is 2.82. The lowest BCUT2D eigenvalue weighted by molar-refractivity contribution is 0.164. The average molecular weight is 249 g/mol. The van der Waals surface area contributed by atoms with Gasteiger partial charge in [0.25, 0.3) is 0 Å². The Labute approximate surface area is 105 Å². The minimum atomic E-state index is -0.505. The first kappa shape index (κ1) is 12.1. The first-order chi connectivity index (χ1) is 8.31. The van der Waals surface area contributed by atoms with Crippen molar-refractivity contribution in [3.63, 3.8) is 0 Å². The number of pyridine rings is 1. The maximum atomic E-state index is 10.1. The van der Waals surface area contributed by atoms with E-state index < -0.39 is 6.10 Å². The molecule has 0 aliphatic carbocycles. The fraction of sp³-hybridized carbons (Fsp3) is 0.308. The van der Waals surface area contributed by atoms with Crippen molar-refractivity contribution in [3.8, 4) is 5.75 Å². The normalized spacial score (nSPS) is 12.4. The lowest BCUT2D eigenvalue weighted by Gasteiger charge is -2.13. The van der Waals surface area contributed by atoms with Crippen LogP contribution < -0.4 is 4.74 Å². The fourth-order valence-electron chi connectivity index (χ4n) is 1.73.